The molecule has 1 fully saturated rings. The van der Waals surface area contributed by atoms with Gasteiger partial charge in [-0.1, -0.05) is 51.2 Å². The third kappa shape index (κ3) is 4.37. The Morgan fingerprint density at radius 2 is 1.77 bits per heavy atom. The molecule has 0 unspecified atom stereocenters. The van der Waals surface area contributed by atoms with Gasteiger partial charge in [0.2, 0.25) is 5.91 Å². The summed E-state index contributed by atoms with van der Waals surface area (Å²) in [5.74, 6) is 0.283. The predicted octanol–water partition coefficient (Wildman–Crippen LogP) is 4.24. The van der Waals surface area contributed by atoms with E-state index < -0.39 is 0 Å². The number of amides is 1. The highest BCUT2D eigenvalue weighted by molar-refractivity contribution is 5.76. The van der Waals surface area contributed by atoms with Gasteiger partial charge in [0.25, 0.3) is 0 Å². The number of rotatable bonds is 8. The summed E-state index contributed by atoms with van der Waals surface area (Å²) in [4.78, 5) is 29.7. The fraction of sp³-hybridized carbons (Fsp3) is 0.619. The number of likely N-dealkylation sites (tertiary alicyclic amines) is 1. The number of imidazole rings is 1. The van der Waals surface area contributed by atoms with Gasteiger partial charge in [-0.05, 0) is 31.4 Å². The van der Waals surface area contributed by atoms with Gasteiger partial charge in [-0.3, -0.25) is 9.36 Å². The van der Waals surface area contributed by atoms with E-state index in [0.717, 1.165) is 49.8 Å². The van der Waals surface area contributed by atoms with Gasteiger partial charge in [-0.25, -0.2) is 4.79 Å². The number of nitrogens with zero attached hydrogens (tertiary/aromatic N) is 2. The smallest absolute Gasteiger partial charge is 0.326 e. The van der Waals surface area contributed by atoms with Crippen molar-refractivity contribution in [3.05, 3.63) is 34.7 Å². The lowest BCUT2D eigenvalue weighted by Crippen LogP contribution is -2.40. The van der Waals surface area contributed by atoms with E-state index in [-0.39, 0.29) is 17.6 Å². The summed E-state index contributed by atoms with van der Waals surface area (Å²) in [6.45, 7) is 3.73. The number of para-hydroxylation sites is 2. The van der Waals surface area contributed by atoms with Gasteiger partial charge in [0.1, 0.15) is 0 Å². The standard InChI is InChI=1S/C21H31N3O2/c1-2-3-4-5-6-7-12-20(25)23-15-13-17(14-16-23)24-19-11-9-8-10-18(19)22-21(24)26/h8-11,17H,2-7,12-16H2,1H3,(H,22,26). The van der Waals surface area contributed by atoms with E-state index >= 15 is 0 Å². The number of benzene rings is 1. The Bertz CT molecular complexity index is 769. The normalized spacial score (nSPS) is 15.7. The van der Waals surface area contributed by atoms with Gasteiger partial charge < -0.3 is 9.88 Å². The molecule has 1 aromatic heterocycles. The lowest BCUT2D eigenvalue weighted by atomic mass is 10.0. The van der Waals surface area contributed by atoms with Crippen molar-refractivity contribution in [3.8, 4) is 0 Å². The Labute approximate surface area is 155 Å². The number of hydrogen-bond donors (Lipinski definition) is 1. The van der Waals surface area contributed by atoms with Gasteiger partial charge in [0, 0.05) is 25.6 Å². The molecule has 26 heavy (non-hydrogen) atoms. The second-order valence-electron chi connectivity index (χ2n) is 7.45. The first-order valence-corrected chi connectivity index (χ1v) is 10.2. The Kier molecular flexibility index (Phi) is 6.53. The van der Waals surface area contributed by atoms with Gasteiger partial charge in [-0.2, -0.15) is 0 Å². The van der Waals surface area contributed by atoms with E-state index in [9.17, 15) is 9.59 Å². The number of unbranched alkanes of at least 4 members (excludes halogenated alkanes) is 5. The van der Waals surface area contributed by atoms with Crippen molar-refractivity contribution >= 4 is 16.9 Å². The van der Waals surface area contributed by atoms with Crippen molar-refractivity contribution in [2.24, 2.45) is 0 Å². The molecule has 1 aliphatic rings. The van der Waals surface area contributed by atoms with Crippen molar-refractivity contribution in [2.75, 3.05) is 13.1 Å². The Morgan fingerprint density at radius 3 is 2.54 bits per heavy atom. The largest absolute Gasteiger partial charge is 0.343 e. The molecule has 1 amide bonds. The summed E-state index contributed by atoms with van der Waals surface area (Å²) in [5, 5.41) is 0. The van der Waals surface area contributed by atoms with Crippen molar-refractivity contribution in [1.29, 1.82) is 0 Å². The molecule has 5 nitrogen and oxygen atoms in total. The van der Waals surface area contributed by atoms with Crippen LogP contribution in [0.3, 0.4) is 0 Å². The SMILES string of the molecule is CCCCCCCCC(=O)N1CCC(n2c(=O)[nH]c3ccccc32)CC1. The molecule has 2 heterocycles. The summed E-state index contributed by atoms with van der Waals surface area (Å²) in [6, 6.07) is 8.00. The van der Waals surface area contributed by atoms with Gasteiger partial charge >= 0.3 is 5.69 Å². The lowest BCUT2D eigenvalue weighted by molar-refractivity contribution is -0.132. The minimum atomic E-state index is -0.0388. The Morgan fingerprint density at radius 1 is 1.08 bits per heavy atom. The van der Waals surface area contributed by atoms with Gasteiger partial charge in [0.15, 0.2) is 0 Å². The van der Waals surface area contributed by atoms with Crippen molar-refractivity contribution in [3.63, 3.8) is 0 Å². The molecule has 1 saturated heterocycles. The van der Waals surface area contributed by atoms with Crippen LogP contribution in [0.4, 0.5) is 0 Å². The topological polar surface area (TPSA) is 58.1 Å². The molecule has 3 rings (SSSR count). The first-order chi connectivity index (χ1) is 12.7. The lowest BCUT2D eigenvalue weighted by Gasteiger charge is -2.32. The number of carbonyl (C=O) groups is 1. The van der Waals surface area contributed by atoms with Crippen LogP contribution in [0, 0.1) is 0 Å². The van der Waals surface area contributed by atoms with Gasteiger partial charge in [-0.15, -0.1) is 0 Å². The highest BCUT2D eigenvalue weighted by atomic mass is 16.2. The first kappa shape index (κ1) is 18.7. The van der Waals surface area contributed by atoms with Crippen LogP contribution < -0.4 is 5.69 Å². The van der Waals surface area contributed by atoms with Crippen molar-refractivity contribution in [1.82, 2.24) is 14.5 Å². The van der Waals surface area contributed by atoms with E-state index in [1.54, 1.807) is 0 Å². The van der Waals surface area contributed by atoms with Crippen molar-refractivity contribution in [2.45, 2.75) is 70.8 Å². The summed E-state index contributed by atoms with van der Waals surface area (Å²) >= 11 is 0. The van der Waals surface area contributed by atoms with Crippen LogP contribution in [0.2, 0.25) is 0 Å². The number of H-pyrrole nitrogens is 1. The van der Waals surface area contributed by atoms with Crippen LogP contribution in [0.25, 0.3) is 11.0 Å². The zero-order valence-electron chi connectivity index (χ0n) is 15.9. The summed E-state index contributed by atoms with van der Waals surface area (Å²) in [5.41, 5.74) is 1.82. The van der Waals surface area contributed by atoms with Crippen LogP contribution in [0.1, 0.15) is 70.8 Å². The van der Waals surface area contributed by atoms with E-state index in [1.165, 1.54) is 25.7 Å². The van der Waals surface area contributed by atoms with Crippen LogP contribution in [-0.4, -0.2) is 33.4 Å². The molecule has 2 aromatic rings. The maximum absolute atomic E-state index is 12.4. The number of piperidine rings is 1. The highest BCUT2D eigenvalue weighted by Crippen LogP contribution is 2.25. The maximum atomic E-state index is 12.4. The molecule has 0 aliphatic carbocycles. The number of aromatic amines is 1. The van der Waals surface area contributed by atoms with Crippen LogP contribution in [0.5, 0.6) is 0 Å². The molecule has 0 spiro atoms. The fourth-order valence-corrected chi connectivity index (χ4v) is 4.02. The number of hydrogen-bond acceptors (Lipinski definition) is 2. The Hall–Kier alpha value is -2.04. The summed E-state index contributed by atoms with van der Waals surface area (Å²) in [6.07, 6.45) is 9.62. The molecule has 142 valence electrons. The average Bonchev–Trinajstić information content (AvgIpc) is 3.00. The maximum Gasteiger partial charge on any atom is 0.326 e. The third-order valence-corrected chi connectivity index (χ3v) is 5.55. The number of carbonyl (C=O) groups excluding carboxylic acids is 1. The second-order valence-corrected chi connectivity index (χ2v) is 7.45. The zero-order valence-corrected chi connectivity index (χ0v) is 15.9. The molecule has 0 bridgehead atoms. The van der Waals surface area contributed by atoms with Crippen molar-refractivity contribution < 1.29 is 4.79 Å². The third-order valence-electron chi connectivity index (χ3n) is 5.55. The molecule has 0 saturated carbocycles. The minimum Gasteiger partial charge on any atom is -0.343 e. The van der Waals surface area contributed by atoms with E-state index in [1.807, 2.05) is 33.7 Å². The van der Waals surface area contributed by atoms with Crippen LogP contribution in [-0.2, 0) is 4.79 Å². The Balaban J connectivity index is 1.49. The monoisotopic (exact) mass is 357 g/mol. The molecule has 1 N–H and O–H groups in total. The highest BCUT2D eigenvalue weighted by Gasteiger charge is 2.25. The minimum absolute atomic E-state index is 0.0388. The summed E-state index contributed by atoms with van der Waals surface area (Å²) < 4.78 is 1.88. The molecule has 0 radical (unpaired) electrons. The number of fused-ring (bicyclic) bond motifs is 1. The van der Waals surface area contributed by atoms with E-state index in [4.69, 9.17) is 0 Å². The average molecular weight is 357 g/mol. The van der Waals surface area contributed by atoms with E-state index in [0.29, 0.717) is 6.42 Å². The molecular weight excluding hydrogens is 326 g/mol. The first-order valence-electron chi connectivity index (χ1n) is 10.2. The quantitative estimate of drug-likeness (QED) is 0.718. The number of nitrogens with one attached hydrogen (secondary N) is 1. The number of aromatic nitrogens is 2. The molecule has 0 atom stereocenters. The zero-order chi connectivity index (χ0) is 18.4. The van der Waals surface area contributed by atoms with Crippen LogP contribution >= 0.6 is 0 Å². The van der Waals surface area contributed by atoms with Gasteiger partial charge in [0.05, 0.1) is 11.0 Å². The molecule has 5 heteroatoms. The second kappa shape index (κ2) is 9.06. The van der Waals surface area contributed by atoms with Crippen LogP contribution in [0.15, 0.2) is 29.1 Å². The fourth-order valence-electron chi connectivity index (χ4n) is 4.02. The summed E-state index contributed by atoms with van der Waals surface area (Å²) in [7, 11) is 0. The molecule has 1 aliphatic heterocycles. The molecule has 1 aromatic carbocycles. The molecular formula is C21H31N3O2. The van der Waals surface area contributed by atoms with E-state index in [2.05, 4.69) is 11.9 Å². The predicted molar refractivity (Wildman–Crippen MR) is 105 cm³/mol.